The summed E-state index contributed by atoms with van der Waals surface area (Å²) in [7, 11) is 0. The van der Waals surface area contributed by atoms with Crippen LogP contribution in [0, 0.1) is 12.1 Å². The van der Waals surface area contributed by atoms with E-state index in [1.54, 1.807) is 23.3 Å². The van der Waals surface area contributed by atoms with Crippen LogP contribution in [0.4, 0.5) is 0 Å². The Kier molecular flexibility index (Phi) is 16.3. The van der Waals surface area contributed by atoms with E-state index in [2.05, 4.69) is 49.5 Å². The topological polar surface area (TPSA) is 0 Å². The molecule has 3 aliphatic carbocycles. The molecule has 110 valence electrons. The largest absolute Gasteiger partial charge is 0.273 e. The van der Waals surface area contributed by atoms with Crippen LogP contribution in [0.3, 0.4) is 0 Å². The Bertz CT molecular complexity index is 496. The molecule has 0 nitrogen and oxygen atoms in total. The van der Waals surface area contributed by atoms with E-state index in [9.17, 15) is 0 Å². The molecule has 0 amide bonds. The minimum atomic E-state index is 0. The molecular formula is C17H20Cl2SiZr. The number of hydrogen-bond acceptors (Lipinski definition) is 0. The molecule has 0 spiro atoms. The molecule has 0 unspecified atom stereocenters. The van der Waals surface area contributed by atoms with Gasteiger partial charge in [0.05, 0.1) is 0 Å². The maximum absolute atomic E-state index is 3.14. The van der Waals surface area contributed by atoms with Gasteiger partial charge in [-0.25, -0.2) is 12.2 Å². The molecule has 0 fully saturated rings. The van der Waals surface area contributed by atoms with Gasteiger partial charge in [0.15, 0.2) is 0 Å². The van der Waals surface area contributed by atoms with Gasteiger partial charge in [0.1, 0.15) is 0 Å². The fourth-order valence-corrected chi connectivity index (χ4v) is 1.40. The van der Waals surface area contributed by atoms with Crippen molar-refractivity contribution < 1.29 is 23.3 Å². The summed E-state index contributed by atoms with van der Waals surface area (Å²) in [6.45, 7) is 4.62. The summed E-state index contributed by atoms with van der Waals surface area (Å²) < 4.78 is 0. The maximum atomic E-state index is 3.14. The molecule has 0 saturated carbocycles. The number of fused-ring (bicyclic) bond motifs is 1. The summed E-state index contributed by atoms with van der Waals surface area (Å²) >= 11 is 1.74. The molecular weight excluding hydrogens is 394 g/mol. The normalized spacial score (nSPS) is 10.3. The van der Waals surface area contributed by atoms with Crippen molar-refractivity contribution in [2.24, 2.45) is 0 Å². The van der Waals surface area contributed by atoms with Gasteiger partial charge in [-0.2, -0.15) is 23.8 Å². The molecule has 3 aliphatic rings. The average molecular weight is 415 g/mol. The Balaban J connectivity index is 0. The van der Waals surface area contributed by atoms with Gasteiger partial charge in [-0.05, 0) is 0 Å². The van der Waals surface area contributed by atoms with Gasteiger partial charge in [-0.15, -0.1) is 61.1 Å². The quantitative estimate of drug-likeness (QED) is 0.393. The van der Waals surface area contributed by atoms with Crippen LogP contribution in [0.5, 0.6) is 0 Å². The number of allylic oxidation sites excluding steroid dienone is 4. The second kappa shape index (κ2) is 14.8. The smallest absolute Gasteiger partial charge is 0.0723 e. The zero-order chi connectivity index (χ0) is 13.9. The maximum Gasteiger partial charge on any atom is -0.0723 e. The van der Waals surface area contributed by atoms with Crippen LogP contribution in [0.25, 0.3) is 11.1 Å². The van der Waals surface area contributed by atoms with E-state index in [1.165, 1.54) is 11.1 Å². The van der Waals surface area contributed by atoms with Crippen molar-refractivity contribution >= 4 is 30.2 Å². The first-order valence-electron chi connectivity index (χ1n) is 6.29. The van der Waals surface area contributed by atoms with Gasteiger partial charge in [0.25, 0.3) is 0 Å². The molecule has 0 bridgehead atoms. The van der Waals surface area contributed by atoms with Gasteiger partial charge in [0.2, 0.25) is 0 Å². The van der Waals surface area contributed by atoms with Crippen molar-refractivity contribution in [1.29, 1.82) is 0 Å². The third kappa shape index (κ3) is 12.1. The van der Waals surface area contributed by atoms with Crippen LogP contribution >= 0.6 is 24.8 Å². The van der Waals surface area contributed by atoms with Gasteiger partial charge in [0, 0.05) is 0 Å². The van der Waals surface area contributed by atoms with Crippen molar-refractivity contribution in [2.75, 3.05) is 0 Å². The van der Waals surface area contributed by atoms with E-state index >= 15 is 0 Å². The van der Waals surface area contributed by atoms with Crippen LogP contribution in [0.15, 0.2) is 60.7 Å². The zero-order valence-electron chi connectivity index (χ0n) is 12.3. The van der Waals surface area contributed by atoms with Crippen molar-refractivity contribution in [2.45, 2.75) is 19.5 Å². The third-order valence-corrected chi connectivity index (χ3v) is 2.16. The summed E-state index contributed by atoms with van der Waals surface area (Å²) in [4.78, 5) is 0. The van der Waals surface area contributed by atoms with E-state index < -0.39 is 0 Å². The summed E-state index contributed by atoms with van der Waals surface area (Å²) in [6.07, 6.45) is 10.0. The molecule has 21 heavy (non-hydrogen) atoms. The molecule has 0 saturated heterocycles. The minimum absolute atomic E-state index is 0. The van der Waals surface area contributed by atoms with Crippen LogP contribution in [-0.2, 0) is 23.3 Å². The van der Waals surface area contributed by atoms with Gasteiger partial charge < -0.3 is 0 Å². The first-order valence-corrected chi connectivity index (χ1v) is 12.5. The van der Waals surface area contributed by atoms with Gasteiger partial charge >= 0.3 is 41.9 Å². The van der Waals surface area contributed by atoms with Crippen molar-refractivity contribution in [3.8, 4) is 11.1 Å². The predicted octanol–water partition coefficient (Wildman–Crippen LogP) is 5.53. The standard InChI is InChI=1S/C10H7.C5H5.C2H6Si.2ClH.Zr/c1-2-5-9-7-4-8-10(9)6-3-1;1-2-4-5-3-1;1-3-2;;;/h1-7H;1-3H,4H2;1-2H3;2*1H;/q2*-1;;;;+2. The zero-order valence-corrected chi connectivity index (χ0v) is 17.4. The Hall–Kier alpha value is -0.140. The number of halogens is 2. The third-order valence-electron chi connectivity index (χ3n) is 2.16. The van der Waals surface area contributed by atoms with Crippen LogP contribution < -0.4 is 0 Å². The number of hydrogen-bond donors (Lipinski definition) is 0. The summed E-state index contributed by atoms with van der Waals surface area (Å²) in [5, 5.41) is 0. The summed E-state index contributed by atoms with van der Waals surface area (Å²) in [5.41, 5.74) is 2.65. The first kappa shape index (κ1) is 23.1. The SMILES string of the molecule is C[Si](C)=[Zr+2].Cl.Cl.[C-]1=CC=CC1.[c-]1ccc2cccccc1-2. The molecule has 0 atom stereocenters. The van der Waals surface area contributed by atoms with Crippen molar-refractivity contribution in [3.63, 3.8) is 0 Å². The van der Waals surface area contributed by atoms with Crippen LogP contribution in [-0.4, -0.2) is 5.43 Å². The molecule has 0 aromatic heterocycles. The molecule has 0 aromatic rings. The van der Waals surface area contributed by atoms with Crippen LogP contribution in [0.1, 0.15) is 6.42 Å². The molecule has 0 aliphatic heterocycles. The second-order valence-corrected chi connectivity index (χ2v) is 13.6. The summed E-state index contributed by atoms with van der Waals surface area (Å²) in [6, 6.07) is 17.4. The monoisotopic (exact) mass is 412 g/mol. The van der Waals surface area contributed by atoms with E-state index in [4.69, 9.17) is 0 Å². The van der Waals surface area contributed by atoms with Crippen LogP contribution in [0.2, 0.25) is 13.1 Å². The summed E-state index contributed by atoms with van der Waals surface area (Å²) in [5.74, 6) is 0. The first-order chi connectivity index (χ1) is 9.20. The van der Waals surface area contributed by atoms with E-state index in [0.29, 0.717) is 0 Å². The Morgan fingerprint density at radius 1 is 1.05 bits per heavy atom. The second-order valence-electron chi connectivity index (χ2n) is 4.26. The number of rotatable bonds is 0. The Morgan fingerprint density at radius 2 is 1.71 bits per heavy atom. The van der Waals surface area contributed by atoms with Crippen molar-refractivity contribution in [3.05, 3.63) is 72.8 Å². The molecule has 4 heteroatoms. The Morgan fingerprint density at radius 3 is 2.24 bits per heavy atom. The molecule has 0 N–H and O–H groups in total. The van der Waals surface area contributed by atoms with E-state index in [0.717, 1.165) is 6.42 Å². The van der Waals surface area contributed by atoms with E-state index in [1.807, 2.05) is 36.4 Å². The van der Waals surface area contributed by atoms with E-state index in [-0.39, 0.29) is 30.2 Å². The fourth-order valence-electron chi connectivity index (χ4n) is 1.40. The average Bonchev–Trinajstić information content (AvgIpc) is 3.01. The molecule has 0 radical (unpaired) electrons. The van der Waals surface area contributed by atoms with Crippen molar-refractivity contribution in [1.82, 2.24) is 0 Å². The molecule has 0 aromatic carbocycles. The molecule has 3 rings (SSSR count). The van der Waals surface area contributed by atoms with Gasteiger partial charge in [-0.1, -0.05) is 12.1 Å². The fraction of sp³-hybridized carbons (Fsp3) is 0.176. The van der Waals surface area contributed by atoms with Gasteiger partial charge in [-0.3, -0.25) is 6.08 Å². The molecule has 0 heterocycles. The Labute approximate surface area is 156 Å². The minimum Gasteiger partial charge on any atom is -0.273 e. The predicted molar refractivity (Wildman–Crippen MR) is 95.4 cm³/mol.